The number of amides is 3. The molecule has 0 radical (unpaired) electrons. The van der Waals surface area contributed by atoms with Gasteiger partial charge in [0.2, 0.25) is 5.91 Å². The molecule has 36 heavy (non-hydrogen) atoms. The molecule has 1 heterocycles. The van der Waals surface area contributed by atoms with E-state index in [9.17, 15) is 31.9 Å². The molecule has 3 aromatic carbocycles. The van der Waals surface area contributed by atoms with Gasteiger partial charge in [-0.25, -0.2) is 9.29 Å². The Balaban J connectivity index is 1.44. The maximum absolute atomic E-state index is 13.0. The first-order valence-corrected chi connectivity index (χ1v) is 10.8. The summed E-state index contributed by atoms with van der Waals surface area (Å²) in [5.41, 5.74) is -0.149. The molecule has 0 fully saturated rings. The number of carbonyl (C=O) groups is 3. The van der Waals surface area contributed by atoms with E-state index in [-0.39, 0.29) is 23.7 Å². The van der Waals surface area contributed by atoms with Crippen LogP contribution in [0.4, 0.5) is 34.6 Å². The zero-order chi connectivity index (χ0) is 26.0. The predicted octanol–water partition coefficient (Wildman–Crippen LogP) is 5.46. The number of imide groups is 1. The fraction of sp³-hybridized carbons (Fsp3) is 0.0800. The first kappa shape index (κ1) is 24.9. The molecule has 3 aromatic rings. The van der Waals surface area contributed by atoms with Crippen molar-refractivity contribution in [3.8, 4) is 0 Å². The highest BCUT2D eigenvalue weighted by atomic mass is 35.5. The summed E-state index contributed by atoms with van der Waals surface area (Å²) in [7, 11) is 0. The molecule has 0 bridgehead atoms. The first-order valence-electron chi connectivity index (χ1n) is 10.4. The predicted molar refractivity (Wildman–Crippen MR) is 126 cm³/mol. The van der Waals surface area contributed by atoms with Crippen LogP contribution < -0.4 is 15.5 Å². The third kappa shape index (κ3) is 5.38. The molecule has 3 amide bonds. The van der Waals surface area contributed by atoms with Crippen molar-refractivity contribution in [2.45, 2.75) is 12.6 Å². The summed E-state index contributed by atoms with van der Waals surface area (Å²) in [5.74, 6) is -2.63. The average molecular weight is 518 g/mol. The van der Waals surface area contributed by atoms with Crippen LogP contribution in [-0.4, -0.2) is 17.7 Å². The minimum Gasteiger partial charge on any atom is -0.350 e. The Hall–Kier alpha value is -4.18. The normalized spacial score (nSPS) is 13.9. The van der Waals surface area contributed by atoms with Gasteiger partial charge in [-0.05, 0) is 60.2 Å². The lowest BCUT2D eigenvalue weighted by atomic mass is 10.1. The zero-order valence-electron chi connectivity index (χ0n) is 18.2. The molecule has 1 aliphatic heterocycles. The van der Waals surface area contributed by atoms with E-state index < -0.39 is 34.4 Å². The van der Waals surface area contributed by atoms with Crippen molar-refractivity contribution in [1.29, 1.82) is 0 Å². The van der Waals surface area contributed by atoms with Crippen LogP contribution in [0.3, 0.4) is 0 Å². The summed E-state index contributed by atoms with van der Waals surface area (Å²) in [6.07, 6.45) is -4.64. The maximum atomic E-state index is 13.0. The lowest BCUT2D eigenvalue weighted by Gasteiger charge is -2.17. The summed E-state index contributed by atoms with van der Waals surface area (Å²) in [4.78, 5) is 38.2. The second-order valence-electron chi connectivity index (χ2n) is 7.74. The van der Waals surface area contributed by atoms with Crippen LogP contribution in [0.5, 0.6) is 0 Å². The Labute approximate surface area is 207 Å². The van der Waals surface area contributed by atoms with Crippen molar-refractivity contribution in [3.63, 3.8) is 0 Å². The van der Waals surface area contributed by atoms with Crippen LogP contribution in [0.15, 0.2) is 83.5 Å². The molecule has 0 unspecified atom stereocenters. The van der Waals surface area contributed by atoms with E-state index in [2.05, 4.69) is 10.6 Å². The molecule has 2 N–H and O–H groups in total. The molecule has 184 valence electrons. The Morgan fingerprint density at radius 3 is 2.17 bits per heavy atom. The number of nitrogens with zero attached hydrogens (tertiary/aromatic N) is 1. The molecule has 1 aliphatic rings. The third-order valence-corrected chi connectivity index (χ3v) is 5.53. The highest BCUT2D eigenvalue weighted by Gasteiger charge is 2.40. The van der Waals surface area contributed by atoms with E-state index in [0.717, 1.165) is 12.1 Å². The number of hydrogen-bond acceptors (Lipinski definition) is 4. The summed E-state index contributed by atoms with van der Waals surface area (Å²) in [6, 6.07) is 15.4. The van der Waals surface area contributed by atoms with Gasteiger partial charge in [-0.2, -0.15) is 13.2 Å². The molecule has 11 heteroatoms. The van der Waals surface area contributed by atoms with E-state index in [1.54, 1.807) is 24.3 Å². The number of alkyl halides is 3. The molecule has 0 atom stereocenters. The van der Waals surface area contributed by atoms with Crippen LogP contribution in [-0.2, 0) is 27.0 Å². The molecule has 0 saturated heterocycles. The molecule has 4 rings (SSSR count). The minimum atomic E-state index is -4.65. The van der Waals surface area contributed by atoms with Crippen LogP contribution in [0.1, 0.15) is 11.1 Å². The van der Waals surface area contributed by atoms with Crippen molar-refractivity contribution < 1.29 is 31.9 Å². The number of anilines is 3. The fourth-order valence-electron chi connectivity index (χ4n) is 3.44. The summed E-state index contributed by atoms with van der Waals surface area (Å²) in [5, 5.41) is 4.88. The van der Waals surface area contributed by atoms with Crippen molar-refractivity contribution in [2.75, 3.05) is 15.5 Å². The first-order chi connectivity index (χ1) is 17.0. The number of benzene rings is 3. The van der Waals surface area contributed by atoms with Gasteiger partial charge in [-0.15, -0.1) is 0 Å². The van der Waals surface area contributed by atoms with E-state index in [1.165, 1.54) is 30.3 Å². The van der Waals surface area contributed by atoms with Crippen molar-refractivity contribution in [3.05, 3.63) is 100 Å². The topological polar surface area (TPSA) is 78.5 Å². The number of halogens is 5. The van der Waals surface area contributed by atoms with Crippen LogP contribution in [0.2, 0.25) is 0 Å². The van der Waals surface area contributed by atoms with Gasteiger partial charge in [-0.3, -0.25) is 14.4 Å². The number of rotatable bonds is 6. The van der Waals surface area contributed by atoms with E-state index >= 15 is 0 Å². The Bertz CT molecular complexity index is 1370. The van der Waals surface area contributed by atoms with Crippen molar-refractivity contribution in [2.24, 2.45) is 0 Å². The summed E-state index contributed by atoms with van der Waals surface area (Å²) < 4.78 is 52.1. The van der Waals surface area contributed by atoms with Gasteiger partial charge in [0.1, 0.15) is 16.5 Å². The highest BCUT2D eigenvalue weighted by molar-refractivity contribution is 6.53. The lowest BCUT2D eigenvalue weighted by Crippen LogP contribution is -2.32. The maximum Gasteiger partial charge on any atom is 0.416 e. The van der Waals surface area contributed by atoms with Gasteiger partial charge < -0.3 is 10.6 Å². The van der Waals surface area contributed by atoms with Gasteiger partial charge in [0.05, 0.1) is 17.7 Å². The molecule has 0 aromatic heterocycles. The van der Waals surface area contributed by atoms with E-state index in [0.29, 0.717) is 27.9 Å². The van der Waals surface area contributed by atoms with Crippen LogP contribution >= 0.6 is 11.6 Å². The Kier molecular flexibility index (Phi) is 6.80. The molecule has 0 aliphatic carbocycles. The summed E-state index contributed by atoms with van der Waals surface area (Å²) in [6.45, 7) is 0. The van der Waals surface area contributed by atoms with Gasteiger partial charge in [0.15, 0.2) is 0 Å². The number of hydrogen-bond donors (Lipinski definition) is 2. The van der Waals surface area contributed by atoms with Gasteiger partial charge in [0, 0.05) is 11.4 Å². The quantitative estimate of drug-likeness (QED) is 0.336. The molecule has 0 spiro atoms. The van der Waals surface area contributed by atoms with Gasteiger partial charge in [-0.1, -0.05) is 29.8 Å². The second-order valence-corrected chi connectivity index (χ2v) is 8.11. The van der Waals surface area contributed by atoms with Crippen LogP contribution in [0, 0.1) is 5.82 Å². The largest absolute Gasteiger partial charge is 0.416 e. The second kappa shape index (κ2) is 9.82. The third-order valence-electron chi connectivity index (χ3n) is 5.17. The van der Waals surface area contributed by atoms with Crippen molar-refractivity contribution >= 4 is 46.4 Å². The van der Waals surface area contributed by atoms with Gasteiger partial charge >= 0.3 is 6.18 Å². The fourth-order valence-corrected chi connectivity index (χ4v) is 3.65. The molecule has 6 nitrogen and oxygen atoms in total. The Morgan fingerprint density at radius 1 is 0.889 bits per heavy atom. The highest BCUT2D eigenvalue weighted by Crippen LogP contribution is 2.35. The smallest absolute Gasteiger partial charge is 0.350 e. The van der Waals surface area contributed by atoms with Gasteiger partial charge in [0.25, 0.3) is 11.8 Å². The Morgan fingerprint density at radius 2 is 1.53 bits per heavy atom. The monoisotopic (exact) mass is 517 g/mol. The number of carbonyl (C=O) groups excluding carboxylic acids is 3. The van der Waals surface area contributed by atoms with E-state index in [4.69, 9.17) is 11.6 Å². The summed E-state index contributed by atoms with van der Waals surface area (Å²) >= 11 is 6.04. The molecule has 0 saturated carbocycles. The molecular weight excluding hydrogens is 502 g/mol. The zero-order valence-corrected chi connectivity index (χ0v) is 19.0. The lowest BCUT2D eigenvalue weighted by molar-refractivity contribution is -0.137. The number of nitrogens with one attached hydrogen (secondary N) is 2. The van der Waals surface area contributed by atoms with Crippen LogP contribution in [0.25, 0.3) is 0 Å². The SMILES string of the molecule is O=C(Cc1ccc(NC2=C(Cl)C(=O)N(c3cccc(C(F)(F)F)c3)C2=O)cc1)Nc1ccc(F)cc1. The minimum absolute atomic E-state index is 0.0157. The standard InChI is InChI=1S/C25H16ClF4N3O3/c26-21-22(24(36)33(23(21)35)19-3-1-2-15(13-19)25(28,29)30)32-18-8-4-14(5-9-18)12-20(34)31-17-10-6-16(27)7-11-17/h1-11,13,32H,12H2,(H,31,34). The molecular formula is C25H16ClF4N3O3. The average Bonchev–Trinajstić information content (AvgIpc) is 3.04. The van der Waals surface area contributed by atoms with E-state index in [1.807, 2.05) is 0 Å². The van der Waals surface area contributed by atoms with Crippen molar-refractivity contribution in [1.82, 2.24) is 0 Å².